The molecule has 11 aromatic rings. The Balaban J connectivity index is 1.33. The predicted octanol–water partition coefficient (Wildman–Crippen LogP) is 9.70. The zero-order valence-corrected chi connectivity index (χ0v) is 31.9. The minimum Gasteiger partial charge on any atom is -0.307 e. The summed E-state index contributed by atoms with van der Waals surface area (Å²) in [6.45, 7) is 0. The van der Waals surface area contributed by atoms with Crippen molar-refractivity contribution in [1.82, 2.24) is 19.1 Å². The van der Waals surface area contributed by atoms with Crippen molar-refractivity contribution in [1.29, 1.82) is 0 Å². The highest BCUT2D eigenvalue weighted by atomic mass is 28.3. The third-order valence-corrected chi connectivity index (χ3v) is 16.7. The fourth-order valence-corrected chi connectivity index (χ4v) is 14.7. The third kappa shape index (κ3) is 4.43. The van der Waals surface area contributed by atoms with Crippen molar-refractivity contribution in [2.75, 3.05) is 0 Å². The molecule has 0 radical (unpaired) electrons. The number of fused-ring (bicyclic) bond motifs is 10. The van der Waals surface area contributed by atoms with E-state index in [4.69, 9.17) is 9.97 Å². The van der Waals surface area contributed by atoms with Gasteiger partial charge in [-0.2, -0.15) is 0 Å². The molecule has 0 aliphatic carbocycles. The molecule has 1 aliphatic heterocycles. The Bertz CT molecular complexity index is 3290. The summed E-state index contributed by atoms with van der Waals surface area (Å²) in [4.78, 5) is 11.5. The molecule has 3 aromatic heterocycles. The average molecular weight is 743 g/mol. The first-order valence-electron chi connectivity index (χ1n) is 19.5. The summed E-state index contributed by atoms with van der Waals surface area (Å²) in [5.74, 6) is 1.62. The summed E-state index contributed by atoms with van der Waals surface area (Å²) in [6.07, 6.45) is 0. The molecule has 0 atom stereocenters. The van der Waals surface area contributed by atoms with Gasteiger partial charge in [0.15, 0.2) is 5.82 Å². The predicted molar refractivity (Wildman–Crippen MR) is 239 cm³/mol. The third-order valence-electron chi connectivity index (χ3n) is 12.0. The van der Waals surface area contributed by atoms with Crippen LogP contribution in [0.3, 0.4) is 0 Å². The number of nitrogens with zero attached hydrogens (tertiary/aromatic N) is 4. The molecule has 0 spiro atoms. The molecule has 0 fully saturated rings. The summed E-state index contributed by atoms with van der Waals surface area (Å²) >= 11 is 0. The van der Waals surface area contributed by atoms with Crippen molar-refractivity contribution < 1.29 is 0 Å². The first-order valence-corrected chi connectivity index (χ1v) is 21.5. The highest BCUT2D eigenvalue weighted by Crippen LogP contribution is 2.43. The molecule has 266 valence electrons. The normalized spacial score (nSPS) is 13.1. The lowest BCUT2D eigenvalue weighted by molar-refractivity contribution is 1.06. The van der Waals surface area contributed by atoms with Crippen LogP contribution in [0.1, 0.15) is 0 Å². The van der Waals surface area contributed by atoms with Gasteiger partial charge in [-0.25, -0.2) is 9.97 Å². The number of hydrogen-bond donors (Lipinski definition) is 0. The molecule has 4 nitrogen and oxygen atoms in total. The van der Waals surface area contributed by atoms with Crippen LogP contribution in [0.4, 0.5) is 0 Å². The van der Waals surface area contributed by atoms with Crippen molar-refractivity contribution in [2.24, 2.45) is 0 Å². The number of aromatic nitrogens is 4. The number of para-hydroxylation sites is 3. The zero-order chi connectivity index (χ0) is 37.5. The minimum atomic E-state index is -2.98. The Morgan fingerprint density at radius 3 is 1.51 bits per heavy atom. The van der Waals surface area contributed by atoms with Crippen molar-refractivity contribution in [3.63, 3.8) is 0 Å². The van der Waals surface area contributed by atoms with E-state index in [2.05, 4.69) is 215 Å². The van der Waals surface area contributed by atoms with Crippen molar-refractivity contribution in [3.8, 4) is 34.0 Å². The molecular weight excluding hydrogens is 709 g/mol. The Hall–Kier alpha value is -7.34. The summed E-state index contributed by atoms with van der Waals surface area (Å²) in [5, 5.41) is 9.87. The Morgan fingerprint density at radius 1 is 0.386 bits per heavy atom. The highest BCUT2D eigenvalue weighted by molar-refractivity contribution is 7.21. The molecule has 57 heavy (non-hydrogen) atoms. The number of rotatable bonds is 5. The van der Waals surface area contributed by atoms with Crippen LogP contribution in [0.2, 0.25) is 0 Å². The van der Waals surface area contributed by atoms with E-state index in [1.807, 2.05) is 0 Å². The standard InChI is InChI=1S/C52H34N4Si/c1-5-19-35(20-6-1)50-53-51(47-43-29-15-18-32-46(43)57(52(47)54-50,37-23-9-3-10-24-37)38-25-11-4-12-26-38)56-45-31-17-14-28-40(45)42-34-33-41-39-27-13-16-30-44(39)55(48(41)49(42)56)36-21-7-2-8-22-36/h1-34H. The van der Waals surface area contributed by atoms with E-state index in [1.165, 1.54) is 48.2 Å². The lowest BCUT2D eigenvalue weighted by Crippen LogP contribution is -2.73. The van der Waals surface area contributed by atoms with E-state index in [0.717, 1.165) is 50.3 Å². The quantitative estimate of drug-likeness (QED) is 0.165. The van der Waals surface area contributed by atoms with E-state index in [0.29, 0.717) is 0 Å². The molecule has 0 N–H and O–H groups in total. The summed E-state index contributed by atoms with van der Waals surface area (Å²) in [6, 6.07) is 74.8. The lowest BCUT2D eigenvalue weighted by Gasteiger charge is -2.30. The van der Waals surface area contributed by atoms with E-state index in [9.17, 15) is 0 Å². The first-order chi connectivity index (χ1) is 28.3. The van der Waals surface area contributed by atoms with Crippen molar-refractivity contribution in [3.05, 3.63) is 206 Å². The second-order valence-electron chi connectivity index (χ2n) is 14.9. The second kappa shape index (κ2) is 12.3. The van der Waals surface area contributed by atoms with Gasteiger partial charge in [0.2, 0.25) is 8.07 Å². The second-order valence-corrected chi connectivity index (χ2v) is 18.6. The van der Waals surface area contributed by atoms with Crippen LogP contribution in [-0.4, -0.2) is 27.2 Å². The van der Waals surface area contributed by atoms with Gasteiger partial charge in [-0.3, -0.25) is 4.57 Å². The molecule has 0 bridgehead atoms. The maximum absolute atomic E-state index is 5.77. The maximum Gasteiger partial charge on any atom is 0.203 e. The Morgan fingerprint density at radius 2 is 0.877 bits per heavy atom. The van der Waals surface area contributed by atoms with Gasteiger partial charge in [-0.1, -0.05) is 182 Å². The van der Waals surface area contributed by atoms with Crippen molar-refractivity contribution in [2.45, 2.75) is 0 Å². The minimum absolute atomic E-state index is 0.725. The van der Waals surface area contributed by atoms with Gasteiger partial charge >= 0.3 is 0 Å². The summed E-state index contributed by atoms with van der Waals surface area (Å²) < 4.78 is 4.92. The van der Waals surface area contributed by atoms with Crippen LogP contribution in [0.15, 0.2) is 206 Å². The van der Waals surface area contributed by atoms with E-state index < -0.39 is 8.07 Å². The maximum atomic E-state index is 5.77. The molecule has 0 amide bonds. The van der Waals surface area contributed by atoms with Gasteiger partial charge in [0, 0.05) is 38.4 Å². The van der Waals surface area contributed by atoms with E-state index in [1.54, 1.807) is 0 Å². The molecular formula is C52H34N4Si. The molecule has 0 saturated heterocycles. The van der Waals surface area contributed by atoms with Gasteiger partial charge in [-0.15, -0.1) is 0 Å². The van der Waals surface area contributed by atoms with Gasteiger partial charge in [-0.05, 0) is 45.4 Å². The molecule has 0 saturated carbocycles. The largest absolute Gasteiger partial charge is 0.307 e. The lowest BCUT2D eigenvalue weighted by atomic mass is 10.1. The molecule has 4 heterocycles. The molecule has 8 aromatic carbocycles. The van der Waals surface area contributed by atoms with Crippen LogP contribution < -0.4 is 20.9 Å². The SMILES string of the molecule is c1ccc(-c2nc(-n3c4ccccc4c4ccc5c6ccccc6n(-c6ccccc6)c5c43)c3c(n2)[Si](c2ccccc2)(c2ccccc2)c2ccccc2-3)cc1. The zero-order valence-electron chi connectivity index (χ0n) is 30.9. The Kier molecular flexibility index (Phi) is 6.91. The van der Waals surface area contributed by atoms with E-state index >= 15 is 0 Å². The van der Waals surface area contributed by atoms with Gasteiger partial charge < -0.3 is 4.57 Å². The van der Waals surface area contributed by atoms with Crippen LogP contribution >= 0.6 is 0 Å². The molecule has 5 heteroatoms. The fourth-order valence-electron chi connectivity index (χ4n) is 9.70. The number of benzene rings is 8. The summed E-state index contributed by atoms with van der Waals surface area (Å²) in [7, 11) is -2.98. The van der Waals surface area contributed by atoms with E-state index in [-0.39, 0.29) is 0 Å². The summed E-state index contributed by atoms with van der Waals surface area (Å²) in [5.41, 5.74) is 8.98. The average Bonchev–Trinajstić information content (AvgIpc) is 3.92. The molecule has 12 rings (SSSR count). The van der Waals surface area contributed by atoms with Crippen molar-refractivity contribution >= 4 is 72.6 Å². The highest BCUT2D eigenvalue weighted by Gasteiger charge is 2.52. The van der Waals surface area contributed by atoms with Gasteiger partial charge in [0.1, 0.15) is 5.82 Å². The molecule has 0 unspecified atom stereocenters. The number of hydrogen-bond acceptors (Lipinski definition) is 2. The fraction of sp³-hybridized carbons (Fsp3) is 0. The van der Waals surface area contributed by atoms with Gasteiger partial charge in [0.05, 0.1) is 27.4 Å². The molecule has 1 aliphatic rings. The van der Waals surface area contributed by atoms with Crippen LogP contribution in [0.25, 0.3) is 77.6 Å². The smallest absolute Gasteiger partial charge is 0.203 e. The van der Waals surface area contributed by atoms with Crippen LogP contribution in [0, 0.1) is 0 Å². The first kappa shape index (κ1) is 32.0. The Labute approximate surface area is 330 Å². The monoisotopic (exact) mass is 742 g/mol. The van der Waals surface area contributed by atoms with Gasteiger partial charge in [0.25, 0.3) is 0 Å². The van der Waals surface area contributed by atoms with Crippen LogP contribution in [-0.2, 0) is 0 Å². The van der Waals surface area contributed by atoms with Crippen LogP contribution in [0.5, 0.6) is 0 Å². The topological polar surface area (TPSA) is 35.6 Å².